The van der Waals surface area contributed by atoms with Crippen molar-refractivity contribution in [1.82, 2.24) is 10.2 Å². The molecule has 0 aromatic rings. The third-order valence-corrected chi connectivity index (χ3v) is 3.36. The molecule has 2 rings (SSSR count). The van der Waals surface area contributed by atoms with Gasteiger partial charge in [0, 0.05) is 18.6 Å². The van der Waals surface area contributed by atoms with Crippen molar-refractivity contribution in [2.24, 2.45) is 5.73 Å². The first kappa shape index (κ1) is 8.48. The summed E-state index contributed by atoms with van der Waals surface area (Å²) in [4.78, 5) is 2.48. The standard InChI is InChI=1S/C9H19N3/c10-4-8-12-6-2-9(3-7-12)1-5-11-9/h11H,1-8,10H2. The lowest BCUT2D eigenvalue weighted by molar-refractivity contribution is 0.0869. The van der Waals surface area contributed by atoms with Gasteiger partial charge in [-0.2, -0.15) is 0 Å². The molecule has 3 N–H and O–H groups in total. The minimum Gasteiger partial charge on any atom is -0.329 e. The second-order valence-electron chi connectivity index (χ2n) is 4.09. The zero-order valence-corrected chi connectivity index (χ0v) is 7.68. The molecule has 3 nitrogen and oxygen atoms in total. The van der Waals surface area contributed by atoms with Crippen LogP contribution >= 0.6 is 0 Å². The Kier molecular flexibility index (Phi) is 2.35. The van der Waals surface area contributed by atoms with Crippen LogP contribution in [0.15, 0.2) is 0 Å². The second kappa shape index (κ2) is 3.32. The van der Waals surface area contributed by atoms with E-state index in [0.29, 0.717) is 5.54 Å². The summed E-state index contributed by atoms with van der Waals surface area (Å²) in [6.45, 7) is 5.60. The first-order valence-corrected chi connectivity index (χ1v) is 5.02. The number of likely N-dealkylation sites (tertiary alicyclic amines) is 1. The summed E-state index contributed by atoms with van der Waals surface area (Å²) in [5.41, 5.74) is 6.06. The molecule has 0 aromatic carbocycles. The molecule has 2 aliphatic heterocycles. The van der Waals surface area contributed by atoms with Crippen LogP contribution in [0, 0.1) is 0 Å². The number of rotatable bonds is 2. The van der Waals surface area contributed by atoms with Crippen LogP contribution in [0.1, 0.15) is 19.3 Å². The van der Waals surface area contributed by atoms with Crippen LogP contribution in [-0.2, 0) is 0 Å². The quantitative estimate of drug-likeness (QED) is 0.600. The molecule has 0 atom stereocenters. The maximum Gasteiger partial charge on any atom is 0.0217 e. The van der Waals surface area contributed by atoms with Crippen molar-refractivity contribution >= 4 is 0 Å². The van der Waals surface area contributed by atoms with Gasteiger partial charge in [-0.1, -0.05) is 0 Å². The summed E-state index contributed by atoms with van der Waals surface area (Å²) in [6.07, 6.45) is 4.05. The van der Waals surface area contributed by atoms with Gasteiger partial charge >= 0.3 is 0 Å². The molecule has 0 aliphatic carbocycles. The maximum atomic E-state index is 5.52. The number of nitrogens with two attached hydrogens (primary N) is 1. The third-order valence-electron chi connectivity index (χ3n) is 3.36. The highest BCUT2D eigenvalue weighted by Crippen LogP contribution is 2.30. The molecule has 1 spiro atoms. The summed E-state index contributed by atoms with van der Waals surface area (Å²) in [7, 11) is 0. The summed E-state index contributed by atoms with van der Waals surface area (Å²) >= 11 is 0. The van der Waals surface area contributed by atoms with Crippen molar-refractivity contribution < 1.29 is 0 Å². The smallest absolute Gasteiger partial charge is 0.0217 e. The van der Waals surface area contributed by atoms with E-state index in [0.717, 1.165) is 13.1 Å². The largest absolute Gasteiger partial charge is 0.329 e. The molecule has 0 radical (unpaired) electrons. The first-order chi connectivity index (χ1) is 5.85. The van der Waals surface area contributed by atoms with E-state index in [1.54, 1.807) is 0 Å². The van der Waals surface area contributed by atoms with Gasteiger partial charge in [0.2, 0.25) is 0 Å². The number of hydrogen-bond donors (Lipinski definition) is 2. The Balaban J connectivity index is 1.77. The lowest BCUT2D eigenvalue weighted by Gasteiger charge is -2.48. The molecule has 0 unspecified atom stereocenters. The van der Waals surface area contributed by atoms with E-state index in [2.05, 4.69) is 10.2 Å². The molecule has 0 aromatic heterocycles. The highest BCUT2D eigenvalue weighted by Gasteiger charge is 2.38. The molecule has 0 amide bonds. The Morgan fingerprint density at radius 2 is 1.92 bits per heavy atom. The fourth-order valence-corrected chi connectivity index (χ4v) is 2.29. The Morgan fingerprint density at radius 3 is 2.33 bits per heavy atom. The number of piperidine rings is 1. The molecule has 12 heavy (non-hydrogen) atoms. The lowest BCUT2D eigenvalue weighted by Crippen LogP contribution is -2.62. The molecular weight excluding hydrogens is 150 g/mol. The fourth-order valence-electron chi connectivity index (χ4n) is 2.29. The molecular formula is C9H19N3. The van der Waals surface area contributed by atoms with E-state index in [1.165, 1.54) is 38.9 Å². The van der Waals surface area contributed by atoms with Crippen LogP contribution in [0.3, 0.4) is 0 Å². The summed E-state index contributed by atoms with van der Waals surface area (Å²) < 4.78 is 0. The van der Waals surface area contributed by atoms with Gasteiger partial charge in [-0.15, -0.1) is 0 Å². The maximum absolute atomic E-state index is 5.52. The van der Waals surface area contributed by atoms with Gasteiger partial charge in [-0.3, -0.25) is 0 Å². The molecule has 2 saturated heterocycles. The van der Waals surface area contributed by atoms with Gasteiger partial charge in [0.1, 0.15) is 0 Å². The Hall–Kier alpha value is -0.120. The van der Waals surface area contributed by atoms with Gasteiger partial charge in [0.05, 0.1) is 0 Å². The normalized spacial score (nSPS) is 28.8. The Labute approximate surface area is 74.3 Å². The summed E-state index contributed by atoms with van der Waals surface area (Å²) in [5, 5.41) is 3.57. The lowest BCUT2D eigenvalue weighted by atomic mass is 9.79. The van der Waals surface area contributed by atoms with Crippen LogP contribution in [0.5, 0.6) is 0 Å². The number of hydrogen-bond acceptors (Lipinski definition) is 3. The monoisotopic (exact) mass is 169 g/mol. The van der Waals surface area contributed by atoms with Gasteiger partial charge < -0.3 is 16.0 Å². The predicted molar refractivity (Wildman–Crippen MR) is 50.1 cm³/mol. The number of nitrogens with zero attached hydrogens (tertiary/aromatic N) is 1. The van der Waals surface area contributed by atoms with E-state index in [9.17, 15) is 0 Å². The molecule has 2 aliphatic rings. The average molecular weight is 169 g/mol. The van der Waals surface area contributed by atoms with Gasteiger partial charge in [0.25, 0.3) is 0 Å². The zero-order valence-electron chi connectivity index (χ0n) is 7.68. The molecule has 0 saturated carbocycles. The van der Waals surface area contributed by atoms with E-state index in [4.69, 9.17) is 5.73 Å². The minimum atomic E-state index is 0.547. The van der Waals surface area contributed by atoms with Crippen LogP contribution in [0.25, 0.3) is 0 Å². The fraction of sp³-hybridized carbons (Fsp3) is 1.00. The van der Waals surface area contributed by atoms with Gasteiger partial charge in [-0.25, -0.2) is 0 Å². The van der Waals surface area contributed by atoms with Crippen LogP contribution in [0.2, 0.25) is 0 Å². The third kappa shape index (κ3) is 1.49. The Morgan fingerprint density at radius 1 is 1.25 bits per heavy atom. The van der Waals surface area contributed by atoms with Crippen LogP contribution in [0.4, 0.5) is 0 Å². The minimum absolute atomic E-state index is 0.547. The highest BCUT2D eigenvalue weighted by atomic mass is 15.2. The van der Waals surface area contributed by atoms with Crippen molar-refractivity contribution in [2.75, 3.05) is 32.7 Å². The van der Waals surface area contributed by atoms with Crippen molar-refractivity contribution in [2.45, 2.75) is 24.8 Å². The molecule has 2 fully saturated rings. The Bertz CT molecular complexity index is 144. The predicted octanol–water partition coefficient (Wildman–Crippen LogP) is -0.227. The van der Waals surface area contributed by atoms with Crippen molar-refractivity contribution in [3.63, 3.8) is 0 Å². The van der Waals surface area contributed by atoms with Crippen molar-refractivity contribution in [3.8, 4) is 0 Å². The van der Waals surface area contributed by atoms with E-state index >= 15 is 0 Å². The highest BCUT2D eigenvalue weighted by molar-refractivity contribution is 4.99. The average Bonchev–Trinajstić information content (AvgIpc) is 2.04. The summed E-state index contributed by atoms with van der Waals surface area (Å²) in [5.74, 6) is 0. The SMILES string of the molecule is NCCN1CCC2(CCN2)CC1. The first-order valence-electron chi connectivity index (χ1n) is 5.02. The molecule has 3 heteroatoms. The van der Waals surface area contributed by atoms with Gasteiger partial charge in [-0.05, 0) is 38.9 Å². The van der Waals surface area contributed by atoms with E-state index < -0.39 is 0 Å². The van der Waals surface area contributed by atoms with E-state index in [-0.39, 0.29) is 0 Å². The summed E-state index contributed by atoms with van der Waals surface area (Å²) in [6, 6.07) is 0. The van der Waals surface area contributed by atoms with Crippen LogP contribution in [-0.4, -0.2) is 43.2 Å². The van der Waals surface area contributed by atoms with Gasteiger partial charge in [0.15, 0.2) is 0 Å². The van der Waals surface area contributed by atoms with Crippen molar-refractivity contribution in [1.29, 1.82) is 0 Å². The second-order valence-corrected chi connectivity index (χ2v) is 4.09. The van der Waals surface area contributed by atoms with Crippen LogP contribution < -0.4 is 11.1 Å². The molecule has 0 bridgehead atoms. The molecule has 2 heterocycles. The number of nitrogens with one attached hydrogen (secondary N) is 1. The topological polar surface area (TPSA) is 41.3 Å². The van der Waals surface area contributed by atoms with Crippen molar-refractivity contribution in [3.05, 3.63) is 0 Å². The zero-order chi connectivity index (χ0) is 8.44. The molecule has 70 valence electrons. The van der Waals surface area contributed by atoms with E-state index in [1.807, 2.05) is 0 Å².